The largest absolute Gasteiger partial charge is 0.353 e. The molecule has 0 rings (SSSR count). The topological polar surface area (TPSA) is 54.4 Å². The fourth-order valence-electron chi connectivity index (χ4n) is 0. The third-order valence-electron chi connectivity index (χ3n) is 0. The zero-order valence-electron chi connectivity index (χ0n) is 2.05. The van der Waals surface area contributed by atoms with Crippen LogP contribution in [0.3, 0.4) is 0 Å². The van der Waals surface area contributed by atoms with Crippen LogP contribution in [0.25, 0.3) is 0 Å². The van der Waals surface area contributed by atoms with Crippen molar-refractivity contribution in [3.63, 3.8) is 0 Å². The summed E-state index contributed by atoms with van der Waals surface area (Å²) in [4.78, 5) is 0. The lowest BCUT2D eigenvalue weighted by Gasteiger charge is -1.65. The Morgan fingerprint density at radius 2 is 1.50 bits per heavy atom. The molecule has 0 saturated carbocycles. The second kappa shape index (κ2) is 2.57. The van der Waals surface area contributed by atoms with Crippen LogP contribution in [0.15, 0.2) is 0 Å². The van der Waals surface area contributed by atoms with Crippen LogP contribution >= 0.6 is 10.7 Å². The normalized spacial score (nSPS) is 9.67. The molecular formula is H5ClO3SSi. The van der Waals surface area contributed by atoms with E-state index < -0.39 is 9.33 Å². The van der Waals surface area contributed by atoms with Crippen molar-refractivity contribution in [1.29, 1.82) is 0 Å². The average Bonchev–Trinajstić information content (AvgIpc) is 0.722. The molecule has 0 aliphatic rings. The van der Waals surface area contributed by atoms with Crippen LogP contribution in [-0.2, 0) is 9.33 Å². The maximum Gasteiger partial charge on any atom is 0.353 e. The quantitative estimate of drug-likeness (QED) is 0.261. The Labute approximate surface area is 44.6 Å². The molecule has 0 heterocycles. The molecule has 0 saturated heterocycles. The molecule has 0 bridgehead atoms. The zero-order chi connectivity index (χ0) is 4.50. The fraction of sp³-hybridized carbons (Fsp3) is 0. The summed E-state index contributed by atoms with van der Waals surface area (Å²) in [5.74, 6) is 0. The van der Waals surface area contributed by atoms with Crippen LogP contribution in [0, 0.1) is 0 Å². The van der Waals surface area contributed by atoms with Crippen molar-refractivity contribution in [2.75, 3.05) is 0 Å². The Bertz CT molecular complexity index is 94.0. The minimum atomic E-state index is -4.19. The minimum absolute atomic E-state index is 0. The highest BCUT2D eigenvalue weighted by Crippen LogP contribution is 1.82. The van der Waals surface area contributed by atoms with E-state index in [1.807, 2.05) is 0 Å². The van der Waals surface area contributed by atoms with Gasteiger partial charge in [0, 0.05) is 10.7 Å². The summed E-state index contributed by atoms with van der Waals surface area (Å²) in [5, 5.41) is 0. The van der Waals surface area contributed by atoms with Crippen molar-refractivity contribution in [2.45, 2.75) is 0 Å². The predicted octanol–water partition coefficient (Wildman–Crippen LogP) is -1.42. The molecule has 40 valence electrons. The maximum atomic E-state index is 8.95. The van der Waals surface area contributed by atoms with Gasteiger partial charge in [-0.05, 0) is 11.0 Å². The highest BCUT2D eigenvalue weighted by Gasteiger charge is 1.86. The first-order valence-electron chi connectivity index (χ1n) is 0.670. The summed E-state index contributed by atoms with van der Waals surface area (Å²) >= 11 is 0. The summed E-state index contributed by atoms with van der Waals surface area (Å²) in [6, 6.07) is 0. The van der Waals surface area contributed by atoms with E-state index in [0.717, 1.165) is 0 Å². The van der Waals surface area contributed by atoms with Crippen LogP contribution in [0.4, 0.5) is 0 Å². The Morgan fingerprint density at radius 1 is 1.50 bits per heavy atom. The molecule has 0 aromatic carbocycles. The standard InChI is InChI=1S/ClHO3S.H4Si/c1-5(2,3)4;/h(H,2,3,4);1H4. The molecule has 0 aromatic heterocycles. The Balaban J connectivity index is 0. The maximum absolute atomic E-state index is 8.95. The van der Waals surface area contributed by atoms with E-state index in [1.54, 1.807) is 0 Å². The molecule has 0 aliphatic carbocycles. The fourth-order valence-corrected chi connectivity index (χ4v) is 0. The first kappa shape index (κ1) is 9.65. The van der Waals surface area contributed by atoms with Gasteiger partial charge in [0.05, 0.1) is 0 Å². The van der Waals surface area contributed by atoms with Gasteiger partial charge in [0.2, 0.25) is 0 Å². The summed E-state index contributed by atoms with van der Waals surface area (Å²) in [5.41, 5.74) is 0. The van der Waals surface area contributed by atoms with Gasteiger partial charge in [-0.25, -0.2) is 0 Å². The monoisotopic (exact) mass is 148 g/mol. The van der Waals surface area contributed by atoms with Crippen molar-refractivity contribution in [2.24, 2.45) is 0 Å². The lowest BCUT2D eigenvalue weighted by Crippen LogP contribution is -1.77. The molecule has 3 nitrogen and oxygen atoms in total. The number of halogens is 1. The molecular weight excluding hydrogens is 144 g/mol. The van der Waals surface area contributed by atoms with Crippen LogP contribution in [0.1, 0.15) is 0 Å². The van der Waals surface area contributed by atoms with Gasteiger partial charge in [-0.15, -0.1) is 0 Å². The molecule has 0 aliphatic heterocycles. The SMILES string of the molecule is O=S(=O)(O)Cl.[SiH4]. The van der Waals surface area contributed by atoms with Crippen molar-refractivity contribution < 1.29 is 13.0 Å². The molecule has 0 radical (unpaired) electrons. The van der Waals surface area contributed by atoms with Gasteiger partial charge >= 0.3 is 9.33 Å². The Morgan fingerprint density at radius 3 is 1.50 bits per heavy atom. The summed E-state index contributed by atoms with van der Waals surface area (Å²) < 4.78 is 25.2. The second-order valence-electron chi connectivity index (χ2n) is 0.412. The molecule has 0 atom stereocenters. The van der Waals surface area contributed by atoms with Crippen molar-refractivity contribution in [3.05, 3.63) is 0 Å². The van der Waals surface area contributed by atoms with Gasteiger partial charge in [-0.1, -0.05) is 0 Å². The highest BCUT2D eigenvalue weighted by molar-refractivity contribution is 8.09. The zero-order valence-corrected chi connectivity index (χ0v) is 3.62. The first-order chi connectivity index (χ1) is 2.00. The number of hydrogen-bond acceptors (Lipinski definition) is 2. The van der Waals surface area contributed by atoms with Gasteiger partial charge in [0.25, 0.3) is 0 Å². The predicted molar refractivity (Wildman–Crippen MR) is 28.7 cm³/mol. The van der Waals surface area contributed by atoms with Crippen LogP contribution in [-0.4, -0.2) is 23.9 Å². The van der Waals surface area contributed by atoms with E-state index in [4.69, 9.17) is 13.0 Å². The first-order valence-corrected chi connectivity index (χ1v) is 2.94. The summed E-state index contributed by atoms with van der Waals surface area (Å²) in [7, 11) is -0.137. The van der Waals surface area contributed by atoms with E-state index in [9.17, 15) is 0 Å². The van der Waals surface area contributed by atoms with E-state index in [1.165, 1.54) is 0 Å². The Kier molecular flexibility index (Phi) is 4.13. The molecule has 0 amide bonds. The van der Waals surface area contributed by atoms with Crippen molar-refractivity contribution in [1.82, 2.24) is 0 Å². The third kappa shape index (κ3) is 297. The van der Waals surface area contributed by atoms with Crippen LogP contribution in [0.2, 0.25) is 0 Å². The van der Waals surface area contributed by atoms with Gasteiger partial charge in [0.15, 0.2) is 0 Å². The Hall–Kier alpha value is 0.417. The van der Waals surface area contributed by atoms with E-state index >= 15 is 0 Å². The van der Waals surface area contributed by atoms with Crippen molar-refractivity contribution in [3.8, 4) is 0 Å². The lowest BCUT2D eigenvalue weighted by molar-refractivity contribution is 0.501. The molecule has 0 spiro atoms. The highest BCUT2D eigenvalue weighted by atomic mass is 35.7. The van der Waals surface area contributed by atoms with E-state index in [2.05, 4.69) is 10.7 Å². The van der Waals surface area contributed by atoms with Crippen LogP contribution < -0.4 is 0 Å². The molecule has 6 heteroatoms. The number of rotatable bonds is 0. The van der Waals surface area contributed by atoms with E-state index in [-0.39, 0.29) is 11.0 Å². The van der Waals surface area contributed by atoms with E-state index in [0.29, 0.717) is 0 Å². The van der Waals surface area contributed by atoms with Gasteiger partial charge < -0.3 is 0 Å². The lowest BCUT2D eigenvalue weighted by atomic mass is 15.9. The number of hydrogen-bond donors (Lipinski definition) is 1. The average molecular weight is 149 g/mol. The second-order valence-corrected chi connectivity index (χ2v) is 2.41. The molecule has 0 fully saturated rings. The molecule has 6 heavy (non-hydrogen) atoms. The summed E-state index contributed by atoms with van der Waals surface area (Å²) in [6.07, 6.45) is 0. The van der Waals surface area contributed by atoms with Gasteiger partial charge in [-0.2, -0.15) is 8.42 Å². The molecule has 0 aromatic rings. The molecule has 1 N–H and O–H groups in total. The van der Waals surface area contributed by atoms with Gasteiger partial charge in [-0.3, -0.25) is 4.55 Å². The van der Waals surface area contributed by atoms with Gasteiger partial charge in [0.1, 0.15) is 0 Å². The third-order valence-corrected chi connectivity index (χ3v) is 0. The van der Waals surface area contributed by atoms with Crippen molar-refractivity contribution >= 4 is 31.0 Å². The summed E-state index contributed by atoms with van der Waals surface area (Å²) in [6.45, 7) is 0. The van der Waals surface area contributed by atoms with Crippen LogP contribution in [0.5, 0.6) is 0 Å². The molecule has 0 unspecified atom stereocenters. The smallest absolute Gasteiger partial charge is 0.273 e. The minimum Gasteiger partial charge on any atom is -0.273 e.